The average Bonchev–Trinajstić information content (AvgIpc) is 3.46. The maximum absolute atomic E-state index is 5.47. The van der Waals surface area contributed by atoms with Crippen molar-refractivity contribution in [1.29, 1.82) is 0 Å². The van der Waals surface area contributed by atoms with Crippen molar-refractivity contribution in [2.45, 2.75) is 31.8 Å². The van der Waals surface area contributed by atoms with Crippen molar-refractivity contribution in [1.82, 2.24) is 30.2 Å². The molecule has 8 nitrogen and oxygen atoms in total. The monoisotopic (exact) mass is 569 g/mol. The number of guanidine groups is 1. The summed E-state index contributed by atoms with van der Waals surface area (Å²) in [5.74, 6) is 1.74. The molecule has 33 heavy (non-hydrogen) atoms. The molecule has 1 aromatic heterocycles. The zero-order valence-corrected chi connectivity index (χ0v) is 23.0. The lowest BCUT2D eigenvalue weighted by Crippen LogP contribution is -2.42. The zero-order valence-electron chi connectivity index (χ0n) is 20.6. The van der Waals surface area contributed by atoms with Gasteiger partial charge >= 0.3 is 0 Å². The van der Waals surface area contributed by atoms with Crippen molar-refractivity contribution in [3.8, 4) is 5.75 Å². The fourth-order valence-corrected chi connectivity index (χ4v) is 4.26. The van der Waals surface area contributed by atoms with E-state index in [4.69, 9.17) is 9.73 Å². The first kappa shape index (κ1) is 27.4. The van der Waals surface area contributed by atoms with Crippen LogP contribution >= 0.6 is 24.0 Å². The van der Waals surface area contributed by atoms with E-state index in [-0.39, 0.29) is 36.1 Å². The minimum atomic E-state index is 0. The van der Waals surface area contributed by atoms with Gasteiger partial charge in [0.05, 0.1) is 31.9 Å². The lowest BCUT2D eigenvalue weighted by molar-refractivity contribution is 0.251. The van der Waals surface area contributed by atoms with Gasteiger partial charge in [0.25, 0.3) is 0 Å². The molecule has 0 radical (unpaired) electrons. The Bertz CT molecular complexity index is 864. The zero-order chi connectivity index (χ0) is 22.9. The van der Waals surface area contributed by atoms with Gasteiger partial charge in [-0.15, -0.1) is 24.0 Å². The molecule has 0 bridgehead atoms. The van der Waals surface area contributed by atoms with Gasteiger partial charge < -0.3 is 20.3 Å². The highest BCUT2D eigenvalue weighted by Crippen LogP contribution is 2.28. The summed E-state index contributed by atoms with van der Waals surface area (Å²) in [6, 6.07) is 8.85. The molecule has 1 aliphatic heterocycles. The molecule has 0 aliphatic carbocycles. The summed E-state index contributed by atoms with van der Waals surface area (Å²) >= 11 is 0. The molecule has 2 atom stereocenters. The van der Waals surface area contributed by atoms with Crippen LogP contribution in [0.15, 0.2) is 41.7 Å². The van der Waals surface area contributed by atoms with Crippen LogP contribution < -0.4 is 15.4 Å². The van der Waals surface area contributed by atoms with Crippen molar-refractivity contribution >= 4 is 29.9 Å². The van der Waals surface area contributed by atoms with Crippen LogP contribution in [0.5, 0.6) is 5.75 Å². The Labute approximate surface area is 215 Å². The third-order valence-corrected chi connectivity index (χ3v) is 6.02. The SMILES string of the molecule is CCNC(=NCC(c1cccc(OC)c1)N1CCCC1)NCC(c1cnn(C)c1)N(C)C.I. The molecule has 1 fully saturated rings. The normalized spacial score (nSPS) is 16.4. The van der Waals surface area contributed by atoms with E-state index < -0.39 is 0 Å². The molecule has 3 rings (SSSR count). The first-order valence-electron chi connectivity index (χ1n) is 11.6. The molecular formula is C24H40IN7O. The number of benzene rings is 1. The summed E-state index contributed by atoms with van der Waals surface area (Å²) in [5.41, 5.74) is 2.44. The van der Waals surface area contributed by atoms with E-state index in [0.29, 0.717) is 6.54 Å². The first-order valence-corrected chi connectivity index (χ1v) is 11.6. The number of rotatable bonds is 10. The molecule has 2 N–H and O–H groups in total. The molecule has 9 heteroatoms. The second-order valence-electron chi connectivity index (χ2n) is 8.56. The highest BCUT2D eigenvalue weighted by atomic mass is 127. The molecule has 0 saturated carbocycles. The van der Waals surface area contributed by atoms with Gasteiger partial charge in [0.1, 0.15) is 5.75 Å². The maximum Gasteiger partial charge on any atom is 0.191 e. The Morgan fingerprint density at radius 3 is 2.58 bits per heavy atom. The van der Waals surface area contributed by atoms with Gasteiger partial charge in [-0.25, -0.2) is 0 Å². The van der Waals surface area contributed by atoms with Crippen LogP contribution in [0.2, 0.25) is 0 Å². The number of aromatic nitrogens is 2. The fourth-order valence-electron chi connectivity index (χ4n) is 4.26. The predicted octanol–water partition coefficient (Wildman–Crippen LogP) is 3.04. The maximum atomic E-state index is 5.47. The summed E-state index contributed by atoms with van der Waals surface area (Å²) < 4.78 is 7.32. The second-order valence-corrected chi connectivity index (χ2v) is 8.56. The predicted molar refractivity (Wildman–Crippen MR) is 146 cm³/mol. The number of nitrogens with one attached hydrogen (secondary N) is 2. The molecule has 0 amide bonds. The molecular weight excluding hydrogens is 529 g/mol. The number of nitrogens with zero attached hydrogens (tertiary/aromatic N) is 5. The van der Waals surface area contributed by atoms with Gasteiger partial charge in [0.15, 0.2) is 5.96 Å². The molecule has 2 unspecified atom stereocenters. The van der Waals surface area contributed by atoms with Gasteiger partial charge in [0, 0.05) is 31.9 Å². The Kier molecular flexibility index (Phi) is 11.4. The standard InChI is InChI=1S/C24H39N7O.HI/c1-6-25-24(26-16-22(29(2)3)20-15-28-30(4)18-20)27-17-23(31-12-7-8-13-31)19-10-9-11-21(14-19)32-5;/h9-11,14-15,18,22-23H,6-8,12-13,16-17H2,1-5H3,(H2,25,26,27);1H. The van der Waals surface area contributed by atoms with E-state index >= 15 is 0 Å². The number of halogens is 1. The van der Waals surface area contributed by atoms with Gasteiger partial charge in [-0.3, -0.25) is 14.6 Å². The number of hydrogen-bond acceptors (Lipinski definition) is 5. The molecule has 0 spiro atoms. The quantitative estimate of drug-likeness (QED) is 0.261. The van der Waals surface area contributed by atoms with Gasteiger partial charge in [-0.2, -0.15) is 5.10 Å². The van der Waals surface area contributed by atoms with Crippen LogP contribution in [0.1, 0.15) is 43.0 Å². The third kappa shape index (κ3) is 7.86. The van der Waals surface area contributed by atoms with Gasteiger partial charge in [-0.05, 0) is 64.6 Å². The van der Waals surface area contributed by atoms with E-state index in [2.05, 4.69) is 70.9 Å². The van der Waals surface area contributed by atoms with Crippen molar-refractivity contribution in [2.75, 3.05) is 53.9 Å². The first-order chi connectivity index (χ1) is 15.5. The van der Waals surface area contributed by atoms with Crippen LogP contribution in [-0.4, -0.2) is 79.5 Å². The second kappa shape index (κ2) is 13.8. The smallest absolute Gasteiger partial charge is 0.191 e. The Balaban J connectivity index is 0.00000385. The molecule has 184 valence electrons. The number of hydrogen-bond donors (Lipinski definition) is 2. The van der Waals surface area contributed by atoms with E-state index in [0.717, 1.165) is 37.9 Å². The minimum absolute atomic E-state index is 0. The molecule has 1 saturated heterocycles. The summed E-state index contributed by atoms with van der Waals surface area (Å²) in [4.78, 5) is 9.74. The minimum Gasteiger partial charge on any atom is -0.497 e. The summed E-state index contributed by atoms with van der Waals surface area (Å²) in [5, 5.41) is 11.3. The van der Waals surface area contributed by atoms with Crippen LogP contribution in [-0.2, 0) is 7.05 Å². The van der Waals surface area contributed by atoms with Crippen LogP contribution in [0.25, 0.3) is 0 Å². The molecule has 1 aliphatic rings. The van der Waals surface area contributed by atoms with Crippen LogP contribution in [0.4, 0.5) is 0 Å². The number of ether oxygens (including phenoxy) is 1. The molecule has 2 heterocycles. The largest absolute Gasteiger partial charge is 0.497 e. The van der Waals surface area contributed by atoms with Crippen molar-refractivity contribution in [3.63, 3.8) is 0 Å². The number of methoxy groups -OCH3 is 1. The van der Waals surface area contributed by atoms with Crippen molar-refractivity contribution in [3.05, 3.63) is 47.8 Å². The highest BCUT2D eigenvalue weighted by Gasteiger charge is 2.24. The van der Waals surface area contributed by atoms with E-state index in [1.807, 2.05) is 24.0 Å². The fraction of sp³-hybridized carbons (Fsp3) is 0.583. The lowest BCUT2D eigenvalue weighted by Gasteiger charge is -2.28. The Morgan fingerprint density at radius 1 is 1.21 bits per heavy atom. The summed E-state index contributed by atoms with van der Waals surface area (Å²) in [6.07, 6.45) is 6.50. The van der Waals surface area contributed by atoms with E-state index in [1.54, 1.807) is 7.11 Å². The number of aliphatic imine (C=N–C) groups is 1. The van der Waals surface area contributed by atoms with E-state index in [9.17, 15) is 0 Å². The number of likely N-dealkylation sites (tertiary alicyclic amines) is 1. The van der Waals surface area contributed by atoms with Gasteiger partial charge in [-0.1, -0.05) is 12.1 Å². The lowest BCUT2D eigenvalue weighted by atomic mass is 10.1. The number of aryl methyl sites for hydroxylation is 1. The average molecular weight is 570 g/mol. The van der Waals surface area contributed by atoms with Crippen molar-refractivity contribution in [2.24, 2.45) is 12.0 Å². The highest BCUT2D eigenvalue weighted by molar-refractivity contribution is 14.0. The van der Waals surface area contributed by atoms with Crippen LogP contribution in [0.3, 0.4) is 0 Å². The number of likely N-dealkylation sites (N-methyl/N-ethyl adjacent to an activating group) is 1. The van der Waals surface area contributed by atoms with Crippen LogP contribution in [0, 0.1) is 0 Å². The Morgan fingerprint density at radius 2 is 1.97 bits per heavy atom. The van der Waals surface area contributed by atoms with Crippen molar-refractivity contribution < 1.29 is 4.74 Å². The molecule has 2 aromatic rings. The summed E-state index contributed by atoms with van der Waals surface area (Å²) in [6.45, 7) is 6.59. The third-order valence-electron chi connectivity index (χ3n) is 6.02. The van der Waals surface area contributed by atoms with Gasteiger partial charge in [0.2, 0.25) is 0 Å². The summed E-state index contributed by atoms with van der Waals surface area (Å²) in [7, 11) is 7.86. The topological polar surface area (TPSA) is 70.0 Å². The Hall–Kier alpha value is -1.85. The molecule has 1 aromatic carbocycles. The van der Waals surface area contributed by atoms with E-state index in [1.165, 1.54) is 24.0 Å².